The summed E-state index contributed by atoms with van der Waals surface area (Å²) in [5.74, 6) is -4.22. The molecule has 0 aromatic heterocycles. The van der Waals surface area contributed by atoms with Crippen LogP contribution in [0.5, 0.6) is 0 Å². The Morgan fingerprint density at radius 2 is 1.65 bits per heavy atom. The van der Waals surface area contributed by atoms with Crippen molar-refractivity contribution in [1.82, 2.24) is 4.90 Å². The summed E-state index contributed by atoms with van der Waals surface area (Å²) in [4.78, 5) is 33.4. The maximum absolute atomic E-state index is 10.9. The fourth-order valence-electron chi connectivity index (χ4n) is 1.49. The standard InChI is InChI=1S/C10H17NO6/c1-3-7(10(16)17)11(5-8(12)13)4-6(2)9(14)15/h6-7H,3-5H2,1-2H3,(H,12,13)(H,14,15)(H,16,17). The molecule has 0 radical (unpaired) electrons. The van der Waals surface area contributed by atoms with Gasteiger partial charge in [-0.25, -0.2) is 0 Å². The molecule has 3 N–H and O–H groups in total. The number of hydrogen-bond acceptors (Lipinski definition) is 4. The van der Waals surface area contributed by atoms with Crippen LogP contribution in [-0.4, -0.2) is 57.3 Å². The predicted octanol–water partition coefficient (Wildman–Crippen LogP) is -0.0431. The van der Waals surface area contributed by atoms with Crippen molar-refractivity contribution < 1.29 is 29.7 Å². The molecule has 7 heteroatoms. The quantitative estimate of drug-likeness (QED) is 0.551. The monoisotopic (exact) mass is 247 g/mol. The maximum Gasteiger partial charge on any atom is 0.320 e. The van der Waals surface area contributed by atoms with Gasteiger partial charge in [-0.2, -0.15) is 0 Å². The highest BCUT2D eigenvalue weighted by atomic mass is 16.4. The molecule has 0 aromatic carbocycles. The van der Waals surface area contributed by atoms with Crippen molar-refractivity contribution in [3.05, 3.63) is 0 Å². The number of aliphatic carboxylic acids is 3. The maximum atomic E-state index is 10.9. The van der Waals surface area contributed by atoms with Crippen molar-refractivity contribution in [3.63, 3.8) is 0 Å². The van der Waals surface area contributed by atoms with Crippen molar-refractivity contribution in [2.45, 2.75) is 26.3 Å². The van der Waals surface area contributed by atoms with Gasteiger partial charge in [-0.15, -0.1) is 0 Å². The zero-order valence-corrected chi connectivity index (χ0v) is 9.79. The number of carbonyl (C=O) groups is 3. The van der Waals surface area contributed by atoms with Gasteiger partial charge in [0.15, 0.2) is 0 Å². The van der Waals surface area contributed by atoms with Crippen molar-refractivity contribution in [1.29, 1.82) is 0 Å². The van der Waals surface area contributed by atoms with E-state index in [-0.39, 0.29) is 13.0 Å². The second kappa shape index (κ2) is 6.85. The van der Waals surface area contributed by atoms with Crippen LogP contribution in [0.3, 0.4) is 0 Å². The van der Waals surface area contributed by atoms with Gasteiger partial charge in [0.05, 0.1) is 12.5 Å². The minimum absolute atomic E-state index is 0.105. The van der Waals surface area contributed by atoms with Crippen LogP contribution in [0.4, 0.5) is 0 Å². The average molecular weight is 247 g/mol. The summed E-state index contributed by atoms with van der Waals surface area (Å²) in [6.07, 6.45) is 0.217. The first-order valence-corrected chi connectivity index (χ1v) is 5.21. The first kappa shape index (κ1) is 15.4. The van der Waals surface area contributed by atoms with Crippen LogP contribution in [0.2, 0.25) is 0 Å². The topological polar surface area (TPSA) is 115 Å². The Morgan fingerprint density at radius 3 is 1.94 bits per heavy atom. The Morgan fingerprint density at radius 1 is 1.12 bits per heavy atom. The molecule has 0 bridgehead atoms. The molecular formula is C10H17NO6. The van der Waals surface area contributed by atoms with Crippen LogP contribution in [0.25, 0.3) is 0 Å². The fraction of sp³-hybridized carbons (Fsp3) is 0.700. The normalized spacial score (nSPS) is 14.3. The van der Waals surface area contributed by atoms with Crippen LogP contribution >= 0.6 is 0 Å². The van der Waals surface area contributed by atoms with E-state index in [0.717, 1.165) is 4.90 Å². The van der Waals surface area contributed by atoms with Crippen LogP contribution in [0.15, 0.2) is 0 Å². The molecule has 0 saturated carbocycles. The van der Waals surface area contributed by atoms with E-state index in [9.17, 15) is 14.4 Å². The SMILES string of the molecule is CCC(C(=O)O)N(CC(=O)O)CC(C)C(=O)O. The van der Waals surface area contributed by atoms with Crippen molar-refractivity contribution in [2.24, 2.45) is 5.92 Å². The van der Waals surface area contributed by atoms with Crippen molar-refractivity contribution in [2.75, 3.05) is 13.1 Å². The van der Waals surface area contributed by atoms with Crippen LogP contribution in [0.1, 0.15) is 20.3 Å². The van der Waals surface area contributed by atoms with Crippen molar-refractivity contribution >= 4 is 17.9 Å². The molecule has 0 amide bonds. The minimum atomic E-state index is -1.18. The van der Waals surface area contributed by atoms with Gasteiger partial charge in [0.25, 0.3) is 0 Å². The molecule has 98 valence electrons. The number of rotatable bonds is 8. The first-order chi connectivity index (χ1) is 7.79. The number of carboxylic acids is 3. The molecule has 0 fully saturated rings. The van der Waals surface area contributed by atoms with E-state index in [4.69, 9.17) is 15.3 Å². The second-order valence-corrected chi connectivity index (χ2v) is 3.82. The predicted molar refractivity (Wildman–Crippen MR) is 57.7 cm³/mol. The zero-order valence-electron chi connectivity index (χ0n) is 9.79. The third kappa shape index (κ3) is 5.30. The van der Waals surface area contributed by atoms with E-state index in [1.807, 2.05) is 0 Å². The lowest BCUT2D eigenvalue weighted by Crippen LogP contribution is -2.46. The Bertz CT molecular complexity index is 303. The van der Waals surface area contributed by atoms with Gasteiger partial charge in [-0.3, -0.25) is 19.3 Å². The van der Waals surface area contributed by atoms with Gasteiger partial charge in [0.1, 0.15) is 6.04 Å². The molecule has 17 heavy (non-hydrogen) atoms. The molecular weight excluding hydrogens is 230 g/mol. The van der Waals surface area contributed by atoms with Gasteiger partial charge in [0.2, 0.25) is 0 Å². The molecule has 0 spiro atoms. The van der Waals surface area contributed by atoms with E-state index in [2.05, 4.69) is 0 Å². The summed E-state index contributed by atoms with van der Waals surface area (Å²) in [6, 6.07) is -0.979. The molecule has 0 heterocycles. The van der Waals surface area contributed by atoms with Gasteiger partial charge in [-0.1, -0.05) is 13.8 Å². The Labute approximate surface area is 98.7 Å². The summed E-state index contributed by atoms with van der Waals surface area (Å²) in [6.45, 7) is 2.43. The smallest absolute Gasteiger partial charge is 0.320 e. The Hall–Kier alpha value is -1.63. The molecule has 2 unspecified atom stereocenters. The van der Waals surface area contributed by atoms with Gasteiger partial charge in [0, 0.05) is 6.54 Å². The number of carboxylic acid groups (broad SMARTS) is 3. The lowest BCUT2D eigenvalue weighted by atomic mass is 10.1. The third-order valence-electron chi connectivity index (χ3n) is 2.38. The minimum Gasteiger partial charge on any atom is -0.481 e. The Kier molecular flexibility index (Phi) is 6.19. The average Bonchev–Trinajstić information content (AvgIpc) is 2.16. The summed E-state index contributed by atoms with van der Waals surface area (Å²) < 4.78 is 0. The second-order valence-electron chi connectivity index (χ2n) is 3.82. The first-order valence-electron chi connectivity index (χ1n) is 5.21. The van der Waals surface area contributed by atoms with Crippen LogP contribution in [-0.2, 0) is 14.4 Å². The number of hydrogen-bond donors (Lipinski definition) is 3. The lowest BCUT2D eigenvalue weighted by Gasteiger charge is -2.27. The molecule has 7 nitrogen and oxygen atoms in total. The summed E-state index contributed by atoms with van der Waals surface area (Å²) in [7, 11) is 0. The van der Waals surface area contributed by atoms with E-state index in [1.165, 1.54) is 6.92 Å². The van der Waals surface area contributed by atoms with Gasteiger partial charge in [-0.05, 0) is 6.42 Å². The molecule has 2 atom stereocenters. The van der Waals surface area contributed by atoms with Gasteiger partial charge < -0.3 is 15.3 Å². The molecule has 0 rings (SSSR count). The van der Waals surface area contributed by atoms with Gasteiger partial charge >= 0.3 is 17.9 Å². The van der Waals surface area contributed by atoms with Crippen LogP contribution < -0.4 is 0 Å². The third-order valence-corrected chi connectivity index (χ3v) is 2.38. The van der Waals surface area contributed by atoms with Crippen LogP contribution in [0, 0.1) is 5.92 Å². The van der Waals surface area contributed by atoms with E-state index >= 15 is 0 Å². The largest absolute Gasteiger partial charge is 0.481 e. The molecule has 0 aliphatic heterocycles. The fourth-order valence-corrected chi connectivity index (χ4v) is 1.49. The molecule has 0 aromatic rings. The zero-order chi connectivity index (χ0) is 13.6. The van der Waals surface area contributed by atoms with Crippen molar-refractivity contribution in [3.8, 4) is 0 Å². The molecule has 0 aliphatic carbocycles. The molecule has 0 saturated heterocycles. The van der Waals surface area contributed by atoms with E-state index in [1.54, 1.807) is 6.92 Å². The lowest BCUT2D eigenvalue weighted by molar-refractivity contribution is -0.150. The van der Waals surface area contributed by atoms with E-state index in [0.29, 0.717) is 0 Å². The molecule has 0 aliphatic rings. The summed E-state index contributed by atoms with van der Waals surface area (Å²) in [5, 5.41) is 26.3. The highest BCUT2D eigenvalue weighted by Crippen LogP contribution is 2.09. The highest BCUT2D eigenvalue weighted by molar-refractivity contribution is 5.76. The number of nitrogens with zero attached hydrogens (tertiary/aromatic N) is 1. The summed E-state index contributed by atoms with van der Waals surface area (Å²) >= 11 is 0. The van der Waals surface area contributed by atoms with E-state index < -0.39 is 36.4 Å². The summed E-state index contributed by atoms with van der Waals surface area (Å²) in [5.41, 5.74) is 0. The highest BCUT2D eigenvalue weighted by Gasteiger charge is 2.28. The Balaban J connectivity index is 4.78.